The number of methoxy groups -OCH3 is 1. The van der Waals surface area contributed by atoms with Gasteiger partial charge in [0.2, 0.25) is 0 Å². The molecule has 1 saturated heterocycles. The van der Waals surface area contributed by atoms with Crippen molar-refractivity contribution in [1.29, 1.82) is 0 Å². The summed E-state index contributed by atoms with van der Waals surface area (Å²) >= 11 is 0. The van der Waals surface area contributed by atoms with Crippen molar-refractivity contribution < 1.29 is 53.7 Å². The van der Waals surface area contributed by atoms with E-state index in [0.717, 1.165) is 12.5 Å². The molecule has 3 rings (SSSR count). The quantitative estimate of drug-likeness (QED) is 0.303. The molecule has 1 fully saturated rings. The van der Waals surface area contributed by atoms with E-state index in [1.807, 2.05) is 0 Å². The van der Waals surface area contributed by atoms with Crippen molar-refractivity contribution >= 4 is 32.2 Å². The number of ether oxygens (including phenoxy) is 4. The molecule has 0 amide bonds. The van der Waals surface area contributed by atoms with Crippen molar-refractivity contribution in [3.63, 3.8) is 0 Å². The van der Waals surface area contributed by atoms with Crippen LogP contribution in [0, 0.1) is 0 Å². The van der Waals surface area contributed by atoms with E-state index < -0.39 is 69.5 Å². The Balaban J connectivity index is 2.03. The minimum atomic E-state index is -4.23. The van der Waals surface area contributed by atoms with E-state index in [2.05, 4.69) is 0 Å². The van der Waals surface area contributed by atoms with E-state index in [1.165, 1.54) is 31.4 Å². The molecule has 1 heterocycles. The lowest BCUT2D eigenvalue weighted by molar-refractivity contribution is -0.286. The van der Waals surface area contributed by atoms with Gasteiger partial charge in [-0.3, -0.25) is 8.37 Å². The maximum absolute atomic E-state index is 13.0. The fraction of sp³-hybridized carbons (Fsp3) is 0.391. The fourth-order valence-electron chi connectivity index (χ4n) is 3.50. The number of hydrogen-bond donors (Lipinski definition) is 0. The van der Waals surface area contributed by atoms with Crippen LogP contribution in [-0.4, -0.2) is 85.7 Å². The third kappa shape index (κ3) is 8.31. The van der Waals surface area contributed by atoms with Gasteiger partial charge in [0.1, 0.15) is 12.2 Å². The van der Waals surface area contributed by atoms with E-state index >= 15 is 0 Å². The Morgan fingerprint density at radius 3 is 1.68 bits per heavy atom. The van der Waals surface area contributed by atoms with Gasteiger partial charge in [0.15, 0.2) is 18.5 Å². The minimum Gasteiger partial charge on any atom is -0.452 e. The standard InChI is InChI=1S/C23H26O12S2/c1-30-23-20(34-22(25)16-12-8-5-9-13-16)19(33-21(24)15-10-6-4-7-11-15)18(35-37(3,28)29)17(32-23)14-31-36(2,26)27/h4-13,17-20,23H,14H2,1-3H3/t17-,18-,19+,20-,23?/m1/s1. The lowest BCUT2D eigenvalue weighted by Gasteiger charge is -2.43. The van der Waals surface area contributed by atoms with Crippen molar-refractivity contribution in [2.45, 2.75) is 30.7 Å². The predicted molar refractivity (Wildman–Crippen MR) is 127 cm³/mol. The number of hydrogen-bond acceptors (Lipinski definition) is 12. The number of esters is 2. The zero-order valence-corrected chi connectivity index (χ0v) is 21.7. The number of carbonyl (C=O) groups excluding carboxylic acids is 2. The number of rotatable bonds is 10. The maximum Gasteiger partial charge on any atom is 0.338 e. The molecular formula is C23H26O12S2. The Kier molecular flexibility index (Phi) is 9.39. The van der Waals surface area contributed by atoms with Gasteiger partial charge in [-0.25, -0.2) is 9.59 Å². The largest absolute Gasteiger partial charge is 0.452 e. The van der Waals surface area contributed by atoms with Crippen molar-refractivity contribution in [2.24, 2.45) is 0 Å². The highest BCUT2D eigenvalue weighted by atomic mass is 32.2. The highest BCUT2D eigenvalue weighted by molar-refractivity contribution is 7.86. The van der Waals surface area contributed by atoms with Crippen LogP contribution in [0.4, 0.5) is 0 Å². The maximum atomic E-state index is 13.0. The highest BCUT2D eigenvalue weighted by Gasteiger charge is 2.53. The molecule has 1 aliphatic rings. The first kappa shape index (κ1) is 28.7. The van der Waals surface area contributed by atoms with Gasteiger partial charge in [-0.05, 0) is 24.3 Å². The van der Waals surface area contributed by atoms with Crippen molar-refractivity contribution in [3.05, 3.63) is 71.8 Å². The molecule has 12 nitrogen and oxygen atoms in total. The van der Waals surface area contributed by atoms with Crippen LogP contribution in [0.1, 0.15) is 20.7 Å². The zero-order chi connectivity index (χ0) is 27.2. The van der Waals surface area contributed by atoms with E-state index in [9.17, 15) is 26.4 Å². The van der Waals surface area contributed by atoms with Gasteiger partial charge in [-0.2, -0.15) is 16.8 Å². The summed E-state index contributed by atoms with van der Waals surface area (Å²) < 4.78 is 79.6. The highest BCUT2D eigenvalue weighted by Crippen LogP contribution is 2.31. The Hall–Kier alpha value is -2.88. The third-order valence-corrected chi connectivity index (χ3v) is 6.20. The molecule has 0 N–H and O–H groups in total. The molecule has 0 bridgehead atoms. The van der Waals surface area contributed by atoms with Crippen molar-refractivity contribution in [2.75, 3.05) is 26.2 Å². The smallest absolute Gasteiger partial charge is 0.338 e. The van der Waals surface area contributed by atoms with Gasteiger partial charge in [0, 0.05) is 7.11 Å². The molecule has 0 saturated carbocycles. The Morgan fingerprint density at radius 1 is 0.757 bits per heavy atom. The van der Waals surface area contributed by atoms with Crippen LogP contribution in [0.25, 0.3) is 0 Å². The van der Waals surface area contributed by atoms with Gasteiger partial charge in [0.05, 0.1) is 30.2 Å². The summed E-state index contributed by atoms with van der Waals surface area (Å²) in [6.45, 7) is -0.711. The second-order valence-corrected chi connectivity index (χ2v) is 11.2. The molecule has 1 unspecified atom stereocenters. The van der Waals surface area contributed by atoms with E-state index in [1.54, 1.807) is 36.4 Å². The van der Waals surface area contributed by atoms with Crippen LogP contribution in [0.2, 0.25) is 0 Å². The molecule has 2 aromatic rings. The third-order valence-electron chi connectivity index (χ3n) is 5.06. The number of carbonyl (C=O) groups is 2. The summed E-state index contributed by atoms with van der Waals surface area (Å²) in [5.41, 5.74) is 0.256. The van der Waals surface area contributed by atoms with Crippen molar-refractivity contribution in [1.82, 2.24) is 0 Å². The first-order valence-electron chi connectivity index (χ1n) is 10.8. The zero-order valence-electron chi connectivity index (χ0n) is 20.1. The van der Waals surface area contributed by atoms with E-state index in [4.69, 9.17) is 27.3 Å². The second-order valence-electron chi connectivity index (χ2n) is 8.00. The van der Waals surface area contributed by atoms with Gasteiger partial charge < -0.3 is 18.9 Å². The Labute approximate surface area is 214 Å². The molecular weight excluding hydrogens is 532 g/mol. The van der Waals surface area contributed by atoms with E-state index in [0.29, 0.717) is 0 Å². The monoisotopic (exact) mass is 558 g/mol. The second kappa shape index (κ2) is 12.1. The molecule has 0 aromatic heterocycles. The van der Waals surface area contributed by atoms with Gasteiger partial charge in [-0.1, -0.05) is 36.4 Å². The molecule has 14 heteroatoms. The molecule has 1 aliphatic heterocycles. The van der Waals surface area contributed by atoms with E-state index in [-0.39, 0.29) is 11.1 Å². The Morgan fingerprint density at radius 2 is 1.24 bits per heavy atom. The van der Waals surface area contributed by atoms with Crippen LogP contribution in [-0.2, 0) is 47.5 Å². The molecule has 0 radical (unpaired) electrons. The molecule has 5 atom stereocenters. The minimum absolute atomic E-state index is 0.109. The normalized spacial score (nSPS) is 24.2. The molecule has 0 spiro atoms. The lowest BCUT2D eigenvalue weighted by Crippen LogP contribution is -2.62. The summed E-state index contributed by atoms with van der Waals surface area (Å²) in [4.78, 5) is 25.8. The van der Waals surface area contributed by atoms with Gasteiger partial charge in [-0.15, -0.1) is 0 Å². The molecule has 0 aliphatic carbocycles. The van der Waals surface area contributed by atoms with Crippen LogP contribution in [0.3, 0.4) is 0 Å². The molecule has 2 aromatic carbocycles. The fourth-order valence-corrected chi connectivity index (χ4v) is 4.52. The summed E-state index contributed by atoms with van der Waals surface area (Å²) in [7, 11) is -7.01. The Bertz CT molecular complexity index is 1280. The summed E-state index contributed by atoms with van der Waals surface area (Å²) in [5.74, 6) is -1.74. The van der Waals surface area contributed by atoms with Crippen LogP contribution in [0.5, 0.6) is 0 Å². The van der Waals surface area contributed by atoms with Crippen LogP contribution < -0.4 is 0 Å². The first-order chi connectivity index (χ1) is 17.4. The van der Waals surface area contributed by atoms with Gasteiger partial charge in [0.25, 0.3) is 20.2 Å². The van der Waals surface area contributed by atoms with Crippen LogP contribution in [0.15, 0.2) is 60.7 Å². The topological polar surface area (TPSA) is 158 Å². The summed E-state index contributed by atoms with van der Waals surface area (Å²) in [5, 5.41) is 0. The lowest BCUT2D eigenvalue weighted by atomic mass is 9.98. The average molecular weight is 559 g/mol. The number of benzene rings is 2. The van der Waals surface area contributed by atoms with Gasteiger partial charge >= 0.3 is 11.9 Å². The molecule has 37 heavy (non-hydrogen) atoms. The van der Waals surface area contributed by atoms with Crippen molar-refractivity contribution in [3.8, 4) is 0 Å². The first-order valence-corrected chi connectivity index (χ1v) is 14.4. The molecule has 202 valence electrons. The average Bonchev–Trinajstić information content (AvgIpc) is 2.84. The van der Waals surface area contributed by atoms with Crippen LogP contribution >= 0.6 is 0 Å². The predicted octanol–water partition coefficient (Wildman–Crippen LogP) is 1.13. The summed E-state index contributed by atoms with van der Waals surface area (Å²) in [6, 6.07) is 15.6. The SMILES string of the molecule is COC1O[C@H](COS(C)(=O)=O)[C@@H](OS(C)(=O)=O)[C@H](OC(=O)c2ccccc2)[C@H]1OC(=O)c1ccccc1. The summed E-state index contributed by atoms with van der Waals surface area (Å²) in [6.07, 6.45) is -6.15.